The second-order valence-electron chi connectivity index (χ2n) is 5.96. The van der Waals surface area contributed by atoms with Gasteiger partial charge >= 0.3 is 5.97 Å². The number of nitrogens with one attached hydrogen (secondary N) is 2. The Morgan fingerprint density at radius 3 is 2.63 bits per heavy atom. The zero-order chi connectivity index (χ0) is 19.8. The van der Waals surface area contributed by atoms with Crippen molar-refractivity contribution in [2.75, 3.05) is 34.0 Å². The molecule has 1 aromatic carbocycles. The monoisotopic (exact) mass is 394 g/mol. The second-order valence-corrected chi connectivity index (χ2v) is 6.37. The Bertz CT molecular complexity index is 720. The van der Waals surface area contributed by atoms with Crippen LogP contribution < -0.4 is 20.1 Å². The van der Waals surface area contributed by atoms with E-state index in [4.69, 9.17) is 31.2 Å². The van der Waals surface area contributed by atoms with Gasteiger partial charge in [-0.25, -0.2) is 4.79 Å². The van der Waals surface area contributed by atoms with Gasteiger partial charge in [0.1, 0.15) is 6.61 Å². The smallest absolute Gasteiger partial charge is 0.338 e. The van der Waals surface area contributed by atoms with E-state index in [2.05, 4.69) is 10.6 Å². The highest BCUT2D eigenvalue weighted by molar-refractivity contribution is 7.80. The summed E-state index contributed by atoms with van der Waals surface area (Å²) in [6.45, 7) is 4.94. The molecule has 0 spiro atoms. The third kappa shape index (κ3) is 5.33. The van der Waals surface area contributed by atoms with Crippen LogP contribution in [0.25, 0.3) is 0 Å². The van der Waals surface area contributed by atoms with Crippen molar-refractivity contribution in [2.24, 2.45) is 0 Å². The van der Waals surface area contributed by atoms with E-state index in [1.54, 1.807) is 21.1 Å². The van der Waals surface area contributed by atoms with E-state index in [0.29, 0.717) is 41.1 Å². The molecule has 2 rings (SSSR count). The number of hydrogen-bond acceptors (Lipinski definition) is 6. The van der Waals surface area contributed by atoms with Crippen LogP contribution in [0.4, 0.5) is 0 Å². The molecule has 1 heterocycles. The molecule has 1 aliphatic heterocycles. The first kappa shape index (κ1) is 21.0. The van der Waals surface area contributed by atoms with E-state index in [1.165, 1.54) is 0 Å². The number of carbonyl (C=O) groups excluding carboxylic acids is 1. The number of esters is 1. The number of hydrogen-bond donors (Lipinski definition) is 2. The van der Waals surface area contributed by atoms with Gasteiger partial charge in [0.2, 0.25) is 0 Å². The van der Waals surface area contributed by atoms with Gasteiger partial charge in [0, 0.05) is 12.8 Å². The van der Waals surface area contributed by atoms with Gasteiger partial charge in [-0.05, 0) is 43.3 Å². The summed E-state index contributed by atoms with van der Waals surface area (Å²) in [5.74, 6) is 0.823. The van der Waals surface area contributed by atoms with Gasteiger partial charge in [-0.3, -0.25) is 0 Å². The minimum atomic E-state index is -0.456. The highest BCUT2D eigenvalue weighted by atomic mass is 32.1. The van der Waals surface area contributed by atoms with Crippen LogP contribution in [0.2, 0.25) is 0 Å². The molecular formula is C19H26N2O5S. The molecule has 0 saturated heterocycles. The van der Waals surface area contributed by atoms with Crippen molar-refractivity contribution in [1.82, 2.24) is 10.6 Å². The van der Waals surface area contributed by atoms with Crippen LogP contribution in [-0.2, 0) is 14.3 Å². The lowest BCUT2D eigenvalue weighted by Gasteiger charge is -2.30. The van der Waals surface area contributed by atoms with Gasteiger partial charge in [-0.1, -0.05) is 13.0 Å². The SMILES string of the molecule is CCCOc1ccc([C@@H]2NC(=S)NC(C)=C2C(=O)OCCOC)cc1OC. The van der Waals surface area contributed by atoms with Gasteiger partial charge in [-0.2, -0.15) is 0 Å². The normalized spacial score (nSPS) is 16.4. The van der Waals surface area contributed by atoms with Crippen molar-refractivity contribution >= 4 is 23.3 Å². The molecule has 1 atom stereocenters. The molecule has 0 unspecified atom stereocenters. The lowest BCUT2D eigenvalue weighted by atomic mass is 9.95. The summed E-state index contributed by atoms with van der Waals surface area (Å²) in [6, 6.07) is 5.10. The van der Waals surface area contributed by atoms with Crippen LogP contribution in [0.15, 0.2) is 29.5 Å². The van der Waals surface area contributed by atoms with Crippen LogP contribution in [0, 0.1) is 0 Å². The summed E-state index contributed by atoms with van der Waals surface area (Å²) in [6.07, 6.45) is 0.897. The van der Waals surface area contributed by atoms with E-state index in [0.717, 1.165) is 12.0 Å². The van der Waals surface area contributed by atoms with Crippen molar-refractivity contribution in [3.8, 4) is 11.5 Å². The Morgan fingerprint density at radius 1 is 1.19 bits per heavy atom. The first-order chi connectivity index (χ1) is 13.0. The number of carbonyl (C=O) groups is 1. The van der Waals surface area contributed by atoms with Gasteiger partial charge < -0.3 is 29.6 Å². The number of ether oxygens (including phenoxy) is 4. The zero-order valence-corrected chi connectivity index (χ0v) is 16.9. The van der Waals surface area contributed by atoms with E-state index < -0.39 is 12.0 Å². The van der Waals surface area contributed by atoms with E-state index in [-0.39, 0.29) is 6.61 Å². The van der Waals surface area contributed by atoms with Gasteiger partial charge in [0.15, 0.2) is 16.6 Å². The third-order valence-electron chi connectivity index (χ3n) is 3.99. The molecule has 8 heteroatoms. The predicted molar refractivity (Wildman–Crippen MR) is 106 cm³/mol. The molecule has 0 radical (unpaired) electrons. The zero-order valence-electron chi connectivity index (χ0n) is 16.1. The minimum Gasteiger partial charge on any atom is -0.493 e. The lowest BCUT2D eigenvalue weighted by molar-refractivity contribution is -0.140. The Balaban J connectivity index is 2.33. The average Bonchev–Trinajstić information content (AvgIpc) is 2.65. The Labute approximate surface area is 165 Å². The molecule has 0 bridgehead atoms. The number of benzene rings is 1. The maximum atomic E-state index is 12.6. The van der Waals surface area contributed by atoms with Crippen molar-refractivity contribution < 1.29 is 23.7 Å². The summed E-state index contributed by atoms with van der Waals surface area (Å²) in [4.78, 5) is 12.6. The van der Waals surface area contributed by atoms with Crippen LogP contribution in [0.5, 0.6) is 11.5 Å². The average molecular weight is 394 g/mol. The Morgan fingerprint density at radius 2 is 1.96 bits per heavy atom. The van der Waals surface area contributed by atoms with Gasteiger partial charge in [0.25, 0.3) is 0 Å². The first-order valence-electron chi connectivity index (χ1n) is 8.76. The summed E-state index contributed by atoms with van der Waals surface area (Å²) >= 11 is 5.27. The lowest BCUT2D eigenvalue weighted by Crippen LogP contribution is -2.45. The van der Waals surface area contributed by atoms with Crippen LogP contribution >= 0.6 is 12.2 Å². The first-order valence-corrected chi connectivity index (χ1v) is 9.17. The van der Waals surface area contributed by atoms with Crippen LogP contribution in [-0.4, -0.2) is 45.1 Å². The fraction of sp³-hybridized carbons (Fsp3) is 0.474. The van der Waals surface area contributed by atoms with Gasteiger partial charge in [-0.15, -0.1) is 0 Å². The summed E-state index contributed by atoms with van der Waals surface area (Å²) in [5.41, 5.74) is 1.93. The molecule has 7 nitrogen and oxygen atoms in total. The molecule has 2 N–H and O–H groups in total. The topological polar surface area (TPSA) is 78.1 Å². The largest absolute Gasteiger partial charge is 0.493 e. The van der Waals surface area contributed by atoms with Crippen LogP contribution in [0.3, 0.4) is 0 Å². The second kappa shape index (κ2) is 10.1. The summed E-state index contributed by atoms with van der Waals surface area (Å²) in [7, 11) is 3.14. The summed E-state index contributed by atoms with van der Waals surface area (Å²) in [5, 5.41) is 6.55. The number of rotatable bonds is 9. The van der Waals surface area contributed by atoms with Gasteiger partial charge in [0.05, 0.1) is 31.9 Å². The van der Waals surface area contributed by atoms with Crippen molar-refractivity contribution in [3.63, 3.8) is 0 Å². The number of methoxy groups -OCH3 is 2. The molecule has 148 valence electrons. The summed E-state index contributed by atoms with van der Waals surface area (Å²) < 4.78 is 21.4. The molecule has 0 aromatic heterocycles. The molecular weight excluding hydrogens is 368 g/mol. The molecule has 0 saturated carbocycles. The Hall–Kier alpha value is -2.32. The van der Waals surface area contributed by atoms with Crippen molar-refractivity contribution in [3.05, 3.63) is 35.0 Å². The number of thiocarbonyl (C=S) groups is 1. The third-order valence-corrected chi connectivity index (χ3v) is 4.21. The molecule has 0 aliphatic carbocycles. The van der Waals surface area contributed by atoms with E-state index >= 15 is 0 Å². The highest BCUT2D eigenvalue weighted by Crippen LogP contribution is 2.34. The van der Waals surface area contributed by atoms with Crippen molar-refractivity contribution in [1.29, 1.82) is 0 Å². The quantitative estimate of drug-likeness (QED) is 0.376. The Kier molecular flexibility index (Phi) is 7.87. The molecule has 27 heavy (non-hydrogen) atoms. The van der Waals surface area contributed by atoms with E-state index in [9.17, 15) is 4.79 Å². The standard InChI is InChI=1S/C19H26N2O5S/c1-5-8-25-14-7-6-13(11-15(14)24-4)17-16(12(2)20-19(27)21-17)18(22)26-10-9-23-3/h6-7,11,17H,5,8-10H2,1-4H3,(H2,20,21,27)/t17-/m0/s1. The molecule has 1 aromatic rings. The maximum Gasteiger partial charge on any atom is 0.338 e. The minimum absolute atomic E-state index is 0.177. The fourth-order valence-electron chi connectivity index (χ4n) is 2.70. The number of allylic oxidation sites excluding steroid dienone is 1. The van der Waals surface area contributed by atoms with Crippen molar-refractivity contribution in [2.45, 2.75) is 26.3 Å². The maximum absolute atomic E-state index is 12.6. The highest BCUT2D eigenvalue weighted by Gasteiger charge is 2.31. The molecule has 0 fully saturated rings. The molecule has 1 aliphatic rings. The van der Waals surface area contributed by atoms with Crippen LogP contribution in [0.1, 0.15) is 31.9 Å². The van der Waals surface area contributed by atoms with E-state index in [1.807, 2.05) is 25.1 Å². The molecule has 0 amide bonds. The fourth-order valence-corrected chi connectivity index (χ4v) is 2.98. The predicted octanol–water partition coefficient (Wildman–Crippen LogP) is 2.47.